The normalized spacial score (nSPS) is 12.7. The van der Waals surface area contributed by atoms with E-state index < -0.39 is 0 Å². The molecule has 0 unspecified atom stereocenters. The van der Waals surface area contributed by atoms with Gasteiger partial charge in [0, 0.05) is 88.9 Å². The Labute approximate surface area is 489 Å². The monoisotopic (exact) mass is 1080 g/mol. The number of nitrogens with zero attached hydrogens (tertiary/aromatic N) is 5. The predicted molar refractivity (Wildman–Crippen MR) is 355 cm³/mol. The van der Waals surface area contributed by atoms with Crippen LogP contribution in [0.15, 0.2) is 261 Å². The third-order valence-corrected chi connectivity index (χ3v) is 18.1. The van der Waals surface area contributed by atoms with E-state index in [-0.39, 0.29) is 5.41 Å². The van der Waals surface area contributed by atoms with Crippen LogP contribution in [-0.4, -0.2) is 13.7 Å². The Morgan fingerprint density at radius 1 is 0.250 bits per heavy atom. The Hall–Kier alpha value is -10.4. The lowest BCUT2D eigenvalue weighted by Gasteiger charge is -2.28. The van der Waals surface area contributed by atoms with Gasteiger partial charge in [0.2, 0.25) is 0 Å². The minimum absolute atomic E-state index is 0.320. The third-order valence-electron chi connectivity index (χ3n) is 18.1. The lowest BCUT2D eigenvalue weighted by Crippen LogP contribution is -2.16. The van der Waals surface area contributed by atoms with Gasteiger partial charge >= 0.3 is 0 Å². The van der Waals surface area contributed by atoms with Crippen LogP contribution in [-0.2, 0) is 5.41 Å². The van der Waals surface area contributed by atoms with Gasteiger partial charge in [-0.15, -0.1) is 0 Å². The standard InChI is InChI=1S/C79H61N5/c1-50-20-28-55(29-21-50)80(59-37-41-75-67(44-59)64-16-10-12-18-73(64)82(75)57-32-24-52(3)25-33-57)61-39-43-77-69(46-61)70-48-72-66(49-78(70)84(77)54-14-8-7-9-15-54)63-40-36-62(47-71(63)79(72,5)6)81(56-30-22-51(2)23-31-56)60-38-42-76-68(45-60)65-17-11-13-19-74(65)83(76)58-34-26-53(4)27-35-58/h7-49H,1-6H3. The van der Waals surface area contributed by atoms with Crippen molar-refractivity contribution < 1.29 is 0 Å². The molecular weight excluding hydrogens is 1020 g/mol. The maximum atomic E-state index is 2.52. The highest BCUT2D eigenvalue weighted by Crippen LogP contribution is 2.54. The summed E-state index contributed by atoms with van der Waals surface area (Å²) in [5, 5.41) is 7.34. The number of aryl methyl sites for hydroxylation is 4. The first-order valence-corrected chi connectivity index (χ1v) is 29.3. The first-order chi connectivity index (χ1) is 41.0. The maximum Gasteiger partial charge on any atom is 0.0547 e. The van der Waals surface area contributed by atoms with Gasteiger partial charge in [0.25, 0.3) is 0 Å². The summed E-state index contributed by atoms with van der Waals surface area (Å²) in [5.74, 6) is 0. The van der Waals surface area contributed by atoms with Crippen molar-refractivity contribution in [2.45, 2.75) is 47.0 Å². The highest BCUT2D eigenvalue weighted by atomic mass is 15.2. The minimum atomic E-state index is -0.320. The molecule has 5 heteroatoms. The molecule has 0 saturated heterocycles. The second-order valence-electron chi connectivity index (χ2n) is 23.8. The molecule has 16 rings (SSSR count). The molecule has 3 aromatic heterocycles. The SMILES string of the molecule is Cc1ccc(N(c2ccc3c(c2)C(C)(C)c2cc4c5cc(N(c6ccc(C)cc6)c6ccc7c(c6)c6ccccc6n7-c6ccc(C)cc6)ccc5n(-c5ccccc5)c4cc2-3)c2ccc3c(c2)c2ccccc2n3-c2ccc(C)cc2)cc1. The van der Waals surface area contributed by atoms with E-state index in [2.05, 4.69) is 326 Å². The van der Waals surface area contributed by atoms with Crippen molar-refractivity contribution in [3.8, 4) is 28.2 Å². The van der Waals surface area contributed by atoms with E-state index in [9.17, 15) is 0 Å². The first kappa shape index (κ1) is 49.5. The van der Waals surface area contributed by atoms with Crippen molar-refractivity contribution in [2.75, 3.05) is 9.80 Å². The van der Waals surface area contributed by atoms with E-state index in [1.54, 1.807) is 0 Å². The fraction of sp³-hybridized carbons (Fsp3) is 0.0886. The summed E-state index contributed by atoms with van der Waals surface area (Å²) in [7, 11) is 0. The third kappa shape index (κ3) is 7.69. The molecule has 12 aromatic carbocycles. The largest absolute Gasteiger partial charge is 0.310 e. The lowest BCUT2D eigenvalue weighted by atomic mass is 9.82. The van der Waals surface area contributed by atoms with E-state index in [0.717, 1.165) is 51.2 Å². The average Bonchev–Trinajstić information content (AvgIpc) is 2.87. The Morgan fingerprint density at radius 3 is 1.06 bits per heavy atom. The zero-order chi connectivity index (χ0) is 56.5. The number of rotatable bonds is 9. The zero-order valence-electron chi connectivity index (χ0n) is 48.1. The fourth-order valence-electron chi connectivity index (χ4n) is 13.8. The highest BCUT2D eigenvalue weighted by molar-refractivity contribution is 6.15. The van der Waals surface area contributed by atoms with Gasteiger partial charge in [-0.2, -0.15) is 0 Å². The van der Waals surface area contributed by atoms with Crippen molar-refractivity contribution in [1.29, 1.82) is 0 Å². The molecule has 84 heavy (non-hydrogen) atoms. The van der Waals surface area contributed by atoms with E-state index >= 15 is 0 Å². The molecular formula is C79H61N5. The van der Waals surface area contributed by atoms with E-state index in [1.165, 1.54) is 110 Å². The van der Waals surface area contributed by atoms with Gasteiger partial charge in [-0.25, -0.2) is 0 Å². The Bertz CT molecular complexity index is 5110. The van der Waals surface area contributed by atoms with Crippen LogP contribution in [0.2, 0.25) is 0 Å². The highest BCUT2D eigenvalue weighted by Gasteiger charge is 2.37. The molecule has 0 radical (unpaired) electrons. The van der Waals surface area contributed by atoms with Crippen LogP contribution in [0.1, 0.15) is 47.2 Å². The zero-order valence-corrected chi connectivity index (χ0v) is 48.1. The molecule has 0 spiro atoms. The summed E-state index contributed by atoms with van der Waals surface area (Å²) in [6.45, 7) is 13.5. The number of anilines is 6. The fourth-order valence-corrected chi connectivity index (χ4v) is 13.8. The molecule has 1 aliphatic carbocycles. The van der Waals surface area contributed by atoms with Crippen LogP contribution >= 0.6 is 0 Å². The van der Waals surface area contributed by atoms with Gasteiger partial charge in [0.15, 0.2) is 0 Å². The quantitative estimate of drug-likeness (QED) is 0.144. The summed E-state index contributed by atoms with van der Waals surface area (Å²) in [6, 6.07) is 97.5. The minimum Gasteiger partial charge on any atom is -0.310 e. The molecule has 0 saturated carbocycles. The van der Waals surface area contributed by atoms with E-state index in [1.807, 2.05) is 0 Å². The Balaban J connectivity index is 0.856. The lowest BCUT2D eigenvalue weighted by molar-refractivity contribution is 0.661. The van der Waals surface area contributed by atoms with Crippen molar-refractivity contribution in [1.82, 2.24) is 13.7 Å². The molecule has 402 valence electrons. The van der Waals surface area contributed by atoms with Gasteiger partial charge in [-0.05, 0) is 202 Å². The summed E-state index contributed by atoms with van der Waals surface area (Å²) in [5.41, 5.74) is 27.1. The maximum absolute atomic E-state index is 2.52. The topological polar surface area (TPSA) is 21.3 Å². The number of hydrogen-bond acceptors (Lipinski definition) is 2. The summed E-state index contributed by atoms with van der Waals surface area (Å²) < 4.78 is 7.28. The molecule has 0 fully saturated rings. The molecule has 0 N–H and O–H groups in total. The Kier molecular flexibility index (Phi) is 11.1. The van der Waals surface area contributed by atoms with Gasteiger partial charge < -0.3 is 23.5 Å². The Morgan fingerprint density at radius 2 is 0.583 bits per heavy atom. The van der Waals surface area contributed by atoms with Crippen LogP contribution in [0, 0.1) is 27.7 Å². The molecule has 0 bridgehead atoms. The summed E-state index contributed by atoms with van der Waals surface area (Å²) in [4.78, 5) is 4.89. The molecule has 15 aromatic rings. The molecule has 1 aliphatic rings. The van der Waals surface area contributed by atoms with E-state index in [0.29, 0.717) is 0 Å². The molecule has 5 nitrogen and oxygen atoms in total. The van der Waals surface area contributed by atoms with Crippen LogP contribution in [0.3, 0.4) is 0 Å². The van der Waals surface area contributed by atoms with E-state index in [4.69, 9.17) is 0 Å². The van der Waals surface area contributed by atoms with Crippen molar-refractivity contribution in [3.63, 3.8) is 0 Å². The summed E-state index contributed by atoms with van der Waals surface area (Å²) >= 11 is 0. The second kappa shape index (κ2) is 18.8. The first-order valence-electron chi connectivity index (χ1n) is 29.3. The number of aromatic nitrogens is 3. The van der Waals surface area contributed by atoms with Crippen LogP contribution in [0.5, 0.6) is 0 Å². The average molecular weight is 1080 g/mol. The van der Waals surface area contributed by atoms with Crippen molar-refractivity contribution in [3.05, 3.63) is 294 Å². The van der Waals surface area contributed by atoms with Crippen LogP contribution in [0.4, 0.5) is 34.1 Å². The van der Waals surface area contributed by atoms with Gasteiger partial charge in [0.1, 0.15) is 0 Å². The molecule has 3 heterocycles. The van der Waals surface area contributed by atoms with Gasteiger partial charge in [-0.1, -0.05) is 145 Å². The number of para-hydroxylation sites is 3. The van der Waals surface area contributed by atoms with Crippen LogP contribution < -0.4 is 9.80 Å². The predicted octanol–water partition coefficient (Wildman–Crippen LogP) is 21.5. The van der Waals surface area contributed by atoms with Crippen LogP contribution in [0.25, 0.3) is 93.6 Å². The number of hydrogen-bond donors (Lipinski definition) is 0. The van der Waals surface area contributed by atoms with Crippen molar-refractivity contribution in [2.24, 2.45) is 0 Å². The number of benzene rings is 12. The summed E-state index contributed by atoms with van der Waals surface area (Å²) in [6.07, 6.45) is 0. The molecule has 0 amide bonds. The van der Waals surface area contributed by atoms with Gasteiger partial charge in [0.05, 0.1) is 33.1 Å². The number of fused-ring (bicyclic) bond motifs is 12. The molecule has 0 atom stereocenters. The van der Waals surface area contributed by atoms with Crippen molar-refractivity contribution >= 4 is 99.5 Å². The smallest absolute Gasteiger partial charge is 0.0547 e. The molecule has 0 aliphatic heterocycles. The second-order valence-corrected chi connectivity index (χ2v) is 23.8. The van der Waals surface area contributed by atoms with Gasteiger partial charge in [-0.3, -0.25) is 0 Å².